The van der Waals surface area contributed by atoms with Gasteiger partial charge in [0.05, 0.1) is 22.9 Å². The lowest BCUT2D eigenvalue weighted by atomic mass is 10.2. The van der Waals surface area contributed by atoms with Crippen LogP contribution in [-0.2, 0) is 9.53 Å². The summed E-state index contributed by atoms with van der Waals surface area (Å²) < 4.78 is 4.78. The molecular formula is C11H14ClNO4. The first kappa shape index (κ1) is 15.2. The molecule has 1 aromatic rings. The molecule has 0 fully saturated rings. The fourth-order valence-electron chi connectivity index (χ4n) is 0.869. The van der Waals surface area contributed by atoms with Crippen molar-refractivity contribution in [1.29, 1.82) is 0 Å². The minimum atomic E-state index is -0.833. The minimum absolute atomic E-state index is 0.348. The third kappa shape index (κ3) is 6.42. The van der Waals surface area contributed by atoms with E-state index in [4.69, 9.17) is 32.0 Å². The highest BCUT2D eigenvalue weighted by Gasteiger charge is 2.07. The topological polar surface area (TPSA) is 89.6 Å². The SMILES string of the molecule is CC(=O)O.CCOC(=O)c1ccc(N)c(Cl)c1. The van der Waals surface area contributed by atoms with Crippen LogP contribution in [0.15, 0.2) is 18.2 Å². The lowest BCUT2D eigenvalue weighted by molar-refractivity contribution is -0.134. The van der Waals surface area contributed by atoms with Gasteiger partial charge in [0.25, 0.3) is 5.97 Å². The molecule has 0 aliphatic carbocycles. The predicted octanol–water partition coefficient (Wildman–Crippen LogP) is 2.19. The van der Waals surface area contributed by atoms with E-state index in [1.807, 2.05) is 0 Å². The van der Waals surface area contributed by atoms with Crippen molar-refractivity contribution in [1.82, 2.24) is 0 Å². The Balaban J connectivity index is 0.000000557. The van der Waals surface area contributed by atoms with E-state index in [1.165, 1.54) is 6.07 Å². The highest BCUT2D eigenvalue weighted by Crippen LogP contribution is 2.19. The number of esters is 1. The number of rotatable bonds is 2. The van der Waals surface area contributed by atoms with Crippen molar-refractivity contribution >= 4 is 29.2 Å². The van der Waals surface area contributed by atoms with E-state index >= 15 is 0 Å². The van der Waals surface area contributed by atoms with Crippen LogP contribution < -0.4 is 5.73 Å². The Kier molecular flexibility index (Phi) is 6.74. The number of anilines is 1. The molecule has 0 unspecified atom stereocenters. The lowest BCUT2D eigenvalue weighted by Crippen LogP contribution is -2.04. The van der Waals surface area contributed by atoms with Gasteiger partial charge in [-0.25, -0.2) is 4.79 Å². The molecule has 0 radical (unpaired) electrons. The molecule has 0 heterocycles. The van der Waals surface area contributed by atoms with Crippen molar-refractivity contribution in [2.24, 2.45) is 0 Å². The van der Waals surface area contributed by atoms with E-state index in [0.717, 1.165) is 6.92 Å². The van der Waals surface area contributed by atoms with Crippen molar-refractivity contribution in [2.45, 2.75) is 13.8 Å². The van der Waals surface area contributed by atoms with Crippen LogP contribution in [0.5, 0.6) is 0 Å². The van der Waals surface area contributed by atoms with E-state index in [-0.39, 0.29) is 5.97 Å². The van der Waals surface area contributed by atoms with Crippen molar-refractivity contribution in [3.63, 3.8) is 0 Å². The average Bonchev–Trinajstić information content (AvgIpc) is 2.21. The molecule has 0 spiro atoms. The van der Waals surface area contributed by atoms with E-state index < -0.39 is 5.97 Å². The number of aliphatic carboxylic acids is 1. The highest BCUT2D eigenvalue weighted by molar-refractivity contribution is 6.33. The molecule has 0 saturated carbocycles. The molecule has 0 atom stereocenters. The smallest absolute Gasteiger partial charge is 0.338 e. The van der Waals surface area contributed by atoms with Crippen LogP contribution in [-0.4, -0.2) is 23.7 Å². The van der Waals surface area contributed by atoms with Gasteiger partial charge in [0.2, 0.25) is 0 Å². The Bertz CT molecular complexity index is 402. The fraction of sp³-hybridized carbons (Fsp3) is 0.273. The number of nitrogen functional groups attached to an aromatic ring is 1. The van der Waals surface area contributed by atoms with E-state index in [2.05, 4.69) is 0 Å². The summed E-state index contributed by atoms with van der Waals surface area (Å²) in [6.07, 6.45) is 0. The van der Waals surface area contributed by atoms with Gasteiger partial charge in [0.1, 0.15) is 0 Å². The summed E-state index contributed by atoms with van der Waals surface area (Å²) in [6, 6.07) is 4.66. The van der Waals surface area contributed by atoms with Crippen LogP contribution in [0.25, 0.3) is 0 Å². The monoisotopic (exact) mass is 259 g/mol. The van der Waals surface area contributed by atoms with Crippen LogP contribution in [0.1, 0.15) is 24.2 Å². The molecule has 3 N–H and O–H groups in total. The lowest BCUT2D eigenvalue weighted by Gasteiger charge is -2.03. The number of carboxylic acids is 1. The summed E-state index contributed by atoms with van der Waals surface area (Å²) in [7, 11) is 0. The zero-order chi connectivity index (χ0) is 13.4. The Labute approximate surface area is 104 Å². The number of carbonyl (C=O) groups is 2. The van der Waals surface area contributed by atoms with Gasteiger partial charge in [-0.05, 0) is 25.1 Å². The van der Waals surface area contributed by atoms with Crippen LogP contribution >= 0.6 is 11.6 Å². The summed E-state index contributed by atoms with van der Waals surface area (Å²) in [5.74, 6) is -1.22. The van der Waals surface area contributed by atoms with Crippen LogP contribution in [0.3, 0.4) is 0 Å². The Morgan fingerprint density at radius 1 is 1.47 bits per heavy atom. The van der Waals surface area contributed by atoms with Crippen molar-refractivity contribution in [2.75, 3.05) is 12.3 Å². The van der Waals surface area contributed by atoms with Crippen molar-refractivity contribution in [3.8, 4) is 0 Å². The molecule has 0 amide bonds. The van der Waals surface area contributed by atoms with Crippen molar-refractivity contribution < 1.29 is 19.4 Å². The van der Waals surface area contributed by atoms with Gasteiger partial charge in [-0.2, -0.15) is 0 Å². The first-order valence-electron chi connectivity index (χ1n) is 4.80. The summed E-state index contributed by atoms with van der Waals surface area (Å²) in [5.41, 5.74) is 6.35. The second-order valence-corrected chi connectivity index (χ2v) is 3.38. The molecule has 1 rings (SSSR count). The number of carboxylic acid groups (broad SMARTS) is 1. The molecular weight excluding hydrogens is 246 g/mol. The third-order valence-electron chi connectivity index (χ3n) is 1.51. The summed E-state index contributed by atoms with van der Waals surface area (Å²) in [4.78, 5) is 20.2. The molecule has 0 aromatic heterocycles. The molecule has 5 nitrogen and oxygen atoms in total. The number of ether oxygens (including phenoxy) is 1. The van der Waals surface area contributed by atoms with Gasteiger partial charge >= 0.3 is 5.97 Å². The maximum Gasteiger partial charge on any atom is 0.338 e. The molecule has 94 valence electrons. The number of hydrogen-bond acceptors (Lipinski definition) is 4. The Morgan fingerprint density at radius 2 is 2.00 bits per heavy atom. The van der Waals surface area contributed by atoms with Crippen LogP contribution in [0, 0.1) is 0 Å². The zero-order valence-corrected chi connectivity index (χ0v) is 10.3. The standard InChI is InChI=1S/C9H10ClNO2.C2H4O2/c1-2-13-9(12)6-3-4-8(11)7(10)5-6;1-2(3)4/h3-5H,2,11H2,1H3;1H3,(H,3,4). The largest absolute Gasteiger partial charge is 0.481 e. The maximum absolute atomic E-state index is 11.2. The highest BCUT2D eigenvalue weighted by atomic mass is 35.5. The first-order chi connectivity index (χ1) is 7.88. The molecule has 17 heavy (non-hydrogen) atoms. The second kappa shape index (κ2) is 7.51. The van der Waals surface area contributed by atoms with Crippen LogP contribution in [0.4, 0.5) is 5.69 Å². The number of benzene rings is 1. The average molecular weight is 260 g/mol. The predicted molar refractivity (Wildman–Crippen MR) is 65.1 cm³/mol. The number of hydrogen-bond donors (Lipinski definition) is 2. The Hall–Kier alpha value is -1.75. The Morgan fingerprint density at radius 3 is 2.41 bits per heavy atom. The minimum Gasteiger partial charge on any atom is -0.481 e. The number of carbonyl (C=O) groups excluding carboxylic acids is 1. The van der Waals surface area contributed by atoms with E-state index in [9.17, 15) is 4.79 Å². The van der Waals surface area contributed by atoms with Gasteiger partial charge in [-0.1, -0.05) is 11.6 Å². The van der Waals surface area contributed by atoms with Gasteiger partial charge in [-0.3, -0.25) is 4.79 Å². The van der Waals surface area contributed by atoms with Gasteiger partial charge in [-0.15, -0.1) is 0 Å². The summed E-state index contributed by atoms with van der Waals surface area (Å²) >= 11 is 5.73. The summed E-state index contributed by atoms with van der Waals surface area (Å²) in [6.45, 7) is 3.18. The summed E-state index contributed by atoms with van der Waals surface area (Å²) in [5, 5.41) is 7.78. The van der Waals surface area contributed by atoms with Crippen molar-refractivity contribution in [3.05, 3.63) is 28.8 Å². The molecule has 0 saturated heterocycles. The molecule has 0 aliphatic heterocycles. The first-order valence-corrected chi connectivity index (χ1v) is 5.18. The normalized spacial score (nSPS) is 8.88. The van der Waals surface area contributed by atoms with Gasteiger partial charge in [0, 0.05) is 6.92 Å². The van der Waals surface area contributed by atoms with E-state index in [1.54, 1.807) is 19.1 Å². The molecule has 0 bridgehead atoms. The molecule has 0 aliphatic rings. The molecule has 6 heteroatoms. The molecule has 1 aromatic carbocycles. The zero-order valence-electron chi connectivity index (χ0n) is 9.57. The third-order valence-corrected chi connectivity index (χ3v) is 1.84. The van der Waals surface area contributed by atoms with E-state index in [0.29, 0.717) is 22.9 Å². The number of halogens is 1. The number of nitrogens with two attached hydrogens (primary N) is 1. The maximum atomic E-state index is 11.2. The van der Waals surface area contributed by atoms with Crippen LogP contribution in [0.2, 0.25) is 5.02 Å². The second-order valence-electron chi connectivity index (χ2n) is 2.98. The van der Waals surface area contributed by atoms with Gasteiger partial charge in [0.15, 0.2) is 0 Å². The quantitative estimate of drug-likeness (QED) is 0.628. The van der Waals surface area contributed by atoms with Gasteiger partial charge < -0.3 is 15.6 Å². The fourth-order valence-corrected chi connectivity index (χ4v) is 1.05.